The highest BCUT2D eigenvalue weighted by molar-refractivity contribution is 14.1. The molecule has 9 nitrogen and oxygen atoms in total. The molecule has 3 heterocycles. The zero-order valence-electron chi connectivity index (χ0n) is 18.7. The van der Waals surface area contributed by atoms with Crippen LogP contribution in [-0.4, -0.2) is 73.0 Å². The van der Waals surface area contributed by atoms with E-state index in [1.54, 1.807) is 0 Å². The molecule has 2 aromatic rings. The lowest BCUT2D eigenvalue weighted by Crippen LogP contribution is -2.57. The highest BCUT2D eigenvalue weighted by Gasteiger charge is 2.35. The SMILES string of the molecule is C[C@H]1CN(C2CCC(n3nc(I)c4c(N)ncnc43)CC2)CCN1C(=O)OC(C)(C)C. The van der Waals surface area contributed by atoms with Crippen LogP contribution in [0.25, 0.3) is 11.0 Å². The van der Waals surface area contributed by atoms with E-state index in [9.17, 15) is 4.79 Å². The predicted molar refractivity (Wildman–Crippen MR) is 128 cm³/mol. The van der Waals surface area contributed by atoms with Gasteiger partial charge in [0.1, 0.15) is 21.4 Å². The fourth-order valence-corrected chi connectivity index (χ4v) is 5.53. The molecule has 2 aromatic heterocycles. The van der Waals surface area contributed by atoms with E-state index in [0.717, 1.165) is 53.5 Å². The Bertz CT molecular complexity index is 949. The van der Waals surface area contributed by atoms with Crippen molar-refractivity contribution >= 4 is 45.5 Å². The van der Waals surface area contributed by atoms with Gasteiger partial charge in [-0.2, -0.15) is 5.10 Å². The molecule has 4 rings (SSSR count). The predicted octanol–water partition coefficient (Wildman–Crippen LogP) is 3.44. The fraction of sp³-hybridized carbons (Fsp3) is 0.714. The molecule has 1 amide bonds. The third kappa shape index (κ3) is 4.74. The topological polar surface area (TPSA) is 102 Å². The number of carbonyl (C=O) groups is 1. The van der Waals surface area contributed by atoms with E-state index < -0.39 is 5.60 Å². The Morgan fingerprint density at radius 1 is 1.16 bits per heavy atom. The summed E-state index contributed by atoms with van der Waals surface area (Å²) in [6, 6.07) is 1.02. The van der Waals surface area contributed by atoms with Crippen molar-refractivity contribution in [3.63, 3.8) is 0 Å². The van der Waals surface area contributed by atoms with E-state index in [1.807, 2.05) is 25.7 Å². The molecule has 170 valence electrons. The first-order chi connectivity index (χ1) is 14.6. The van der Waals surface area contributed by atoms with Crippen LogP contribution in [0.2, 0.25) is 0 Å². The molecule has 0 radical (unpaired) electrons. The number of carbonyl (C=O) groups excluding carboxylic acids is 1. The highest BCUT2D eigenvalue weighted by Crippen LogP contribution is 2.35. The maximum atomic E-state index is 12.5. The smallest absolute Gasteiger partial charge is 0.410 e. The quantitative estimate of drug-likeness (QED) is 0.582. The molecule has 1 aliphatic heterocycles. The molecule has 1 aliphatic carbocycles. The molecule has 0 spiro atoms. The van der Waals surface area contributed by atoms with Crippen LogP contribution in [0.4, 0.5) is 10.6 Å². The number of halogens is 1. The van der Waals surface area contributed by atoms with Gasteiger partial charge in [-0.25, -0.2) is 19.4 Å². The van der Waals surface area contributed by atoms with Gasteiger partial charge in [0.2, 0.25) is 0 Å². The molecular weight excluding hydrogens is 509 g/mol. The Morgan fingerprint density at radius 3 is 2.48 bits per heavy atom. The summed E-state index contributed by atoms with van der Waals surface area (Å²) in [6.45, 7) is 10.3. The summed E-state index contributed by atoms with van der Waals surface area (Å²) >= 11 is 2.21. The average molecular weight is 541 g/mol. The zero-order chi connectivity index (χ0) is 22.3. The Balaban J connectivity index is 1.36. The summed E-state index contributed by atoms with van der Waals surface area (Å²) in [5, 5.41) is 5.59. The number of hydrogen-bond donors (Lipinski definition) is 1. The summed E-state index contributed by atoms with van der Waals surface area (Å²) in [6.07, 6.45) is 5.66. The Labute approximate surface area is 196 Å². The van der Waals surface area contributed by atoms with Gasteiger partial charge in [-0.1, -0.05) is 0 Å². The summed E-state index contributed by atoms with van der Waals surface area (Å²) in [7, 11) is 0. The van der Waals surface area contributed by atoms with Crippen LogP contribution in [0.1, 0.15) is 59.4 Å². The van der Waals surface area contributed by atoms with E-state index in [1.165, 1.54) is 6.33 Å². The van der Waals surface area contributed by atoms with E-state index in [4.69, 9.17) is 15.6 Å². The van der Waals surface area contributed by atoms with Crippen LogP contribution in [0.15, 0.2) is 6.33 Å². The van der Waals surface area contributed by atoms with Crippen LogP contribution in [-0.2, 0) is 4.74 Å². The second-order valence-corrected chi connectivity index (χ2v) is 10.7. The van der Waals surface area contributed by atoms with Crippen LogP contribution in [0.3, 0.4) is 0 Å². The highest BCUT2D eigenvalue weighted by atomic mass is 127. The van der Waals surface area contributed by atoms with Crippen molar-refractivity contribution in [3.8, 4) is 0 Å². The first-order valence-corrected chi connectivity index (χ1v) is 12.1. The maximum absolute atomic E-state index is 12.5. The standard InChI is InChI=1S/C21H32IN7O2/c1-13-11-27(9-10-28(13)20(30)31-21(2,3)4)14-5-7-15(8-6-14)29-19-16(17(22)26-29)18(23)24-12-25-19/h12-15H,5-11H2,1-4H3,(H2,23,24,25)/t13-,14?,15?/m0/s1. The summed E-state index contributed by atoms with van der Waals surface area (Å²) in [5.41, 5.74) is 6.42. The summed E-state index contributed by atoms with van der Waals surface area (Å²) < 4.78 is 8.49. The number of piperazine rings is 1. The number of hydrogen-bond acceptors (Lipinski definition) is 7. The van der Waals surface area contributed by atoms with Crippen molar-refractivity contribution in [2.45, 2.75) is 77.1 Å². The van der Waals surface area contributed by atoms with E-state index in [0.29, 0.717) is 24.4 Å². The zero-order valence-corrected chi connectivity index (χ0v) is 20.9. The van der Waals surface area contributed by atoms with Gasteiger partial charge < -0.3 is 15.4 Å². The van der Waals surface area contributed by atoms with E-state index in [-0.39, 0.29) is 12.1 Å². The summed E-state index contributed by atoms with van der Waals surface area (Å²) in [5.74, 6) is 0.492. The molecule has 0 bridgehead atoms. The second-order valence-electron chi connectivity index (χ2n) is 9.67. The maximum Gasteiger partial charge on any atom is 0.410 e. The number of amides is 1. The van der Waals surface area contributed by atoms with Crippen molar-refractivity contribution < 1.29 is 9.53 Å². The van der Waals surface area contributed by atoms with Gasteiger partial charge in [-0.05, 0) is 76.0 Å². The van der Waals surface area contributed by atoms with Crippen molar-refractivity contribution in [3.05, 3.63) is 10.0 Å². The number of nitrogen functional groups attached to an aromatic ring is 1. The first kappa shape index (κ1) is 22.5. The minimum absolute atomic E-state index is 0.151. The molecule has 0 aromatic carbocycles. The average Bonchev–Trinajstić information content (AvgIpc) is 3.04. The number of nitrogens with two attached hydrogens (primary N) is 1. The molecule has 31 heavy (non-hydrogen) atoms. The molecule has 2 aliphatic rings. The number of fused-ring (bicyclic) bond motifs is 1. The Hall–Kier alpha value is -1.69. The van der Waals surface area contributed by atoms with Gasteiger partial charge in [0, 0.05) is 31.7 Å². The third-order valence-electron chi connectivity index (χ3n) is 6.29. The summed E-state index contributed by atoms with van der Waals surface area (Å²) in [4.78, 5) is 25.5. The number of ether oxygens (including phenoxy) is 1. The van der Waals surface area contributed by atoms with Gasteiger partial charge in [-0.15, -0.1) is 0 Å². The van der Waals surface area contributed by atoms with Crippen LogP contribution < -0.4 is 5.73 Å². The number of anilines is 1. The Morgan fingerprint density at radius 2 is 1.84 bits per heavy atom. The lowest BCUT2D eigenvalue weighted by Gasteiger charge is -2.45. The Kier molecular flexibility index (Phi) is 6.30. The van der Waals surface area contributed by atoms with Gasteiger partial charge >= 0.3 is 6.09 Å². The lowest BCUT2D eigenvalue weighted by molar-refractivity contribution is -0.00823. The molecule has 1 atom stereocenters. The van der Waals surface area contributed by atoms with Crippen molar-refractivity contribution in [2.24, 2.45) is 0 Å². The lowest BCUT2D eigenvalue weighted by atomic mass is 9.89. The van der Waals surface area contributed by atoms with Gasteiger partial charge in [-0.3, -0.25) is 4.90 Å². The van der Waals surface area contributed by atoms with Crippen LogP contribution in [0, 0.1) is 3.70 Å². The first-order valence-electron chi connectivity index (χ1n) is 11.0. The molecule has 0 unspecified atom stereocenters. The normalized spacial score (nSPS) is 25.7. The number of rotatable bonds is 2. The van der Waals surface area contributed by atoms with Crippen LogP contribution in [0.5, 0.6) is 0 Å². The largest absolute Gasteiger partial charge is 0.444 e. The van der Waals surface area contributed by atoms with Gasteiger partial charge in [0.05, 0.1) is 11.4 Å². The molecule has 2 fully saturated rings. The van der Waals surface area contributed by atoms with Crippen molar-refractivity contribution in [2.75, 3.05) is 25.4 Å². The van der Waals surface area contributed by atoms with Crippen molar-refractivity contribution in [1.29, 1.82) is 0 Å². The number of aromatic nitrogens is 4. The molecular formula is C21H32IN7O2. The van der Waals surface area contributed by atoms with Crippen molar-refractivity contribution in [1.82, 2.24) is 29.5 Å². The number of nitrogens with zero attached hydrogens (tertiary/aromatic N) is 6. The minimum Gasteiger partial charge on any atom is -0.444 e. The van der Waals surface area contributed by atoms with Gasteiger partial charge in [0.25, 0.3) is 0 Å². The van der Waals surface area contributed by atoms with Crippen LogP contribution >= 0.6 is 22.6 Å². The monoisotopic (exact) mass is 541 g/mol. The molecule has 1 saturated carbocycles. The van der Waals surface area contributed by atoms with E-state index in [2.05, 4.69) is 49.1 Å². The molecule has 10 heteroatoms. The fourth-order valence-electron chi connectivity index (χ4n) is 4.78. The molecule has 2 N–H and O–H groups in total. The third-order valence-corrected chi connectivity index (χ3v) is 7.05. The van der Waals surface area contributed by atoms with Gasteiger partial charge in [0.15, 0.2) is 5.65 Å². The molecule has 1 saturated heterocycles. The second kappa shape index (κ2) is 8.68. The minimum atomic E-state index is -0.462. The van der Waals surface area contributed by atoms with E-state index >= 15 is 0 Å².